The maximum atomic E-state index is 13.6. The molecule has 0 fully saturated rings. The third kappa shape index (κ3) is 2.08. The number of nitrogens with two attached hydrogens (primary N) is 1. The molecule has 0 radical (unpaired) electrons. The Morgan fingerprint density at radius 2 is 2.00 bits per heavy atom. The normalized spacial score (nSPS) is 11.1. The lowest BCUT2D eigenvalue weighted by Gasteiger charge is -1.99. The summed E-state index contributed by atoms with van der Waals surface area (Å²) in [6.45, 7) is 0.414. The van der Waals surface area contributed by atoms with Gasteiger partial charge >= 0.3 is 0 Å². The number of benzene rings is 2. The van der Waals surface area contributed by atoms with Crippen LogP contribution < -0.4 is 5.73 Å². The van der Waals surface area contributed by atoms with Crippen molar-refractivity contribution >= 4 is 11.0 Å². The summed E-state index contributed by atoms with van der Waals surface area (Å²) in [5, 5.41) is 0. The smallest absolute Gasteiger partial charge is 0.153 e. The summed E-state index contributed by atoms with van der Waals surface area (Å²) in [5.41, 5.74) is 7.79. The Bertz CT molecular complexity index is 750. The van der Waals surface area contributed by atoms with Gasteiger partial charge in [-0.3, -0.25) is 0 Å². The molecule has 0 saturated carbocycles. The van der Waals surface area contributed by atoms with E-state index in [1.807, 2.05) is 24.3 Å². The van der Waals surface area contributed by atoms with Crippen LogP contribution in [0.25, 0.3) is 22.4 Å². The minimum Gasteiger partial charge on any atom is -0.338 e. The maximum Gasteiger partial charge on any atom is 0.153 e. The average Bonchev–Trinajstić information content (AvgIpc) is 2.83. The number of halogens is 2. The second-order valence-electron chi connectivity index (χ2n) is 4.27. The monoisotopic (exact) mass is 259 g/mol. The molecular formula is C14H11F2N3. The molecule has 2 aromatic carbocycles. The second-order valence-corrected chi connectivity index (χ2v) is 4.27. The molecule has 3 nitrogen and oxygen atoms in total. The lowest BCUT2D eigenvalue weighted by Crippen LogP contribution is -1.95. The third-order valence-electron chi connectivity index (χ3n) is 2.94. The summed E-state index contributed by atoms with van der Waals surface area (Å²) in [6, 6.07) is 9.50. The quantitative estimate of drug-likeness (QED) is 0.743. The van der Waals surface area contributed by atoms with E-state index in [0.717, 1.165) is 17.2 Å². The molecule has 0 aliphatic carbocycles. The van der Waals surface area contributed by atoms with Gasteiger partial charge in [-0.15, -0.1) is 0 Å². The summed E-state index contributed by atoms with van der Waals surface area (Å²) in [4.78, 5) is 7.07. The van der Waals surface area contributed by atoms with Crippen molar-refractivity contribution in [2.45, 2.75) is 6.54 Å². The Balaban J connectivity index is 2.17. The number of rotatable bonds is 2. The molecule has 0 unspecified atom stereocenters. The van der Waals surface area contributed by atoms with Crippen molar-refractivity contribution in [3.63, 3.8) is 0 Å². The first-order chi connectivity index (χ1) is 9.17. The second kappa shape index (κ2) is 4.44. The van der Waals surface area contributed by atoms with Gasteiger partial charge in [-0.25, -0.2) is 13.8 Å². The van der Waals surface area contributed by atoms with Crippen LogP contribution in [0.15, 0.2) is 36.4 Å². The molecule has 3 rings (SSSR count). The molecule has 0 aliphatic heterocycles. The Labute approximate surface area is 108 Å². The van der Waals surface area contributed by atoms with Crippen molar-refractivity contribution in [2.75, 3.05) is 0 Å². The molecule has 96 valence electrons. The highest BCUT2D eigenvalue weighted by Gasteiger charge is 2.11. The maximum absolute atomic E-state index is 13.6. The SMILES string of the molecule is NCc1cccc(-c2nc3c(F)cc(F)cc3[nH]2)c1. The van der Waals surface area contributed by atoms with E-state index >= 15 is 0 Å². The van der Waals surface area contributed by atoms with Gasteiger partial charge in [0.2, 0.25) is 0 Å². The highest BCUT2D eigenvalue weighted by molar-refractivity contribution is 5.80. The van der Waals surface area contributed by atoms with Crippen LogP contribution in [0.1, 0.15) is 5.56 Å². The van der Waals surface area contributed by atoms with Crippen LogP contribution in [0.3, 0.4) is 0 Å². The minimum absolute atomic E-state index is 0.134. The van der Waals surface area contributed by atoms with Crippen molar-refractivity contribution in [1.82, 2.24) is 9.97 Å². The van der Waals surface area contributed by atoms with Gasteiger partial charge < -0.3 is 10.7 Å². The van der Waals surface area contributed by atoms with E-state index in [0.29, 0.717) is 17.9 Å². The van der Waals surface area contributed by atoms with Gasteiger partial charge in [-0.05, 0) is 17.7 Å². The topological polar surface area (TPSA) is 54.7 Å². The van der Waals surface area contributed by atoms with E-state index in [1.54, 1.807) is 0 Å². The number of hydrogen-bond acceptors (Lipinski definition) is 2. The standard InChI is InChI=1S/C14H11F2N3/c15-10-5-11(16)13-12(6-10)18-14(19-13)9-3-1-2-8(4-9)7-17/h1-6H,7,17H2,(H,18,19). The van der Waals surface area contributed by atoms with Crippen LogP contribution in [-0.4, -0.2) is 9.97 Å². The summed E-state index contributed by atoms with van der Waals surface area (Å²) < 4.78 is 26.7. The Hall–Kier alpha value is -2.27. The molecule has 3 aromatic rings. The van der Waals surface area contributed by atoms with Crippen LogP contribution in [-0.2, 0) is 6.54 Å². The molecule has 0 atom stereocenters. The van der Waals surface area contributed by atoms with Crippen LogP contribution >= 0.6 is 0 Å². The predicted octanol–water partition coefficient (Wildman–Crippen LogP) is 2.97. The molecule has 0 spiro atoms. The molecule has 3 N–H and O–H groups in total. The molecule has 0 saturated heterocycles. The Morgan fingerprint density at radius 3 is 2.79 bits per heavy atom. The summed E-state index contributed by atoms with van der Waals surface area (Å²) in [5.74, 6) is -0.807. The highest BCUT2D eigenvalue weighted by Crippen LogP contribution is 2.23. The molecule has 19 heavy (non-hydrogen) atoms. The van der Waals surface area contributed by atoms with E-state index in [9.17, 15) is 8.78 Å². The van der Waals surface area contributed by atoms with E-state index in [-0.39, 0.29) is 5.52 Å². The van der Waals surface area contributed by atoms with Gasteiger partial charge in [0, 0.05) is 18.2 Å². The average molecular weight is 259 g/mol. The van der Waals surface area contributed by atoms with Crippen molar-refractivity contribution in [3.05, 3.63) is 53.6 Å². The first-order valence-electron chi connectivity index (χ1n) is 5.81. The summed E-state index contributed by atoms with van der Waals surface area (Å²) in [6.07, 6.45) is 0. The fourth-order valence-corrected chi connectivity index (χ4v) is 2.02. The van der Waals surface area contributed by atoms with Crippen LogP contribution in [0.5, 0.6) is 0 Å². The number of aromatic nitrogens is 2. The first-order valence-corrected chi connectivity index (χ1v) is 5.81. The fraction of sp³-hybridized carbons (Fsp3) is 0.0714. The minimum atomic E-state index is -0.674. The zero-order chi connectivity index (χ0) is 13.4. The van der Waals surface area contributed by atoms with E-state index in [1.165, 1.54) is 6.07 Å². The molecule has 0 aliphatic rings. The Kier molecular flexibility index (Phi) is 2.76. The molecular weight excluding hydrogens is 248 g/mol. The number of nitrogens with zero attached hydrogens (tertiary/aromatic N) is 1. The van der Waals surface area contributed by atoms with E-state index in [4.69, 9.17) is 5.73 Å². The van der Waals surface area contributed by atoms with Gasteiger partial charge in [0.25, 0.3) is 0 Å². The molecule has 5 heteroatoms. The number of nitrogens with one attached hydrogen (secondary N) is 1. The van der Waals surface area contributed by atoms with Crippen molar-refractivity contribution in [2.24, 2.45) is 5.73 Å². The zero-order valence-corrected chi connectivity index (χ0v) is 9.95. The van der Waals surface area contributed by atoms with Gasteiger partial charge in [0.05, 0.1) is 5.52 Å². The number of fused-ring (bicyclic) bond motifs is 1. The zero-order valence-electron chi connectivity index (χ0n) is 9.95. The van der Waals surface area contributed by atoms with Crippen LogP contribution in [0, 0.1) is 11.6 Å². The Morgan fingerprint density at radius 1 is 1.16 bits per heavy atom. The van der Waals surface area contributed by atoms with Crippen molar-refractivity contribution in [3.8, 4) is 11.4 Å². The van der Waals surface area contributed by atoms with E-state index < -0.39 is 11.6 Å². The lowest BCUT2D eigenvalue weighted by atomic mass is 10.1. The third-order valence-corrected chi connectivity index (χ3v) is 2.94. The summed E-state index contributed by atoms with van der Waals surface area (Å²) >= 11 is 0. The fourth-order valence-electron chi connectivity index (χ4n) is 2.02. The number of imidazole rings is 1. The highest BCUT2D eigenvalue weighted by atomic mass is 19.1. The van der Waals surface area contributed by atoms with E-state index in [2.05, 4.69) is 9.97 Å². The summed E-state index contributed by atoms with van der Waals surface area (Å²) in [7, 11) is 0. The first kappa shape index (κ1) is 11.8. The van der Waals surface area contributed by atoms with Crippen LogP contribution in [0.2, 0.25) is 0 Å². The van der Waals surface area contributed by atoms with Gasteiger partial charge in [-0.2, -0.15) is 0 Å². The number of H-pyrrole nitrogens is 1. The number of aromatic amines is 1. The van der Waals surface area contributed by atoms with Crippen molar-refractivity contribution in [1.29, 1.82) is 0 Å². The largest absolute Gasteiger partial charge is 0.338 e. The molecule has 0 bridgehead atoms. The van der Waals surface area contributed by atoms with Gasteiger partial charge in [0.15, 0.2) is 5.82 Å². The lowest BCUT2D eigenvalue weighted by molar-refractivity contribution is 0.591. The van der Waals surface area contributed by atoms with Gasteiger partial charge in [-0.1, -0.05) is 18.2 Å². The van der Waals surface area contributed by atoms with Crippen LogP contribution in [0.4, 0.5) is 8.78 Å². The molecule has 1 aromatic heterocycles. The van der Waals surface area contributed by atoms with Crippen molar-refractivity contribution < 1.29 is 8.78 Å². The molecule has 0 amide bonds. The predicted molar refractivity (Wildman–Crippen MR) is 69.3 cm³/mol. The number of hydrogen-bond donors (Lipinski definition) is 2. The molecule has 1 heterocycles. The van der Waals surface area contributed by atoms with Gasteiger partial charge in [0.1, 0.15) is 17.2 Å².